The molecule has 1 aromatic rings. The number of aliphatic hydroxyl groups excluding tert-OH is 3. The number of carboxylic acid groups (broad SMARTS) is 1. The number of anilines is 1. The van der Waals surface area contributed by atoms with E-state index < -0.39 is 126 Å². The molecule has 502 valence electrons. The van der Waals surface area contributed by atoms with Gasteiger partial charge < -0.3 is 79.7 Å². The molecule has 1 aliphatic carbocycles. The van der Waals surface area contributed by atoms with Crippen LogP contribution in [0.5, 0.6) is 0 Å². The minimum atomic E-state index is -2.50. The van der Waals surface area contributed by atoms with Gasteiger partial charge in [0.15, 0.2) is 5.78 Å². The lowest BCUT2D eigenvalue weighted by molar-refractivity contribution is -0.265. The zero-order valence-electron chi connectivity index (χ0n) is 53.9. The van der Waals surface area contributed by atoms with E-state index in [1.165, 1.54) is 24.4 Å². The minimum absolute atomic E-state index is 0.00509. The van der Waals surface area contributed by atoms with Crippen LogP contribution in [0.15, 0.2) is 60.0 Å². The number of ketones is 2. The Bertz CT molecular complexity index is 2710. The molecule has 3 saturated heterocycles. The summed E-state index contributed by atoms with van der Waals surface area (Å²) in [5.41, 5.74) is 8.63. The standard InChI is InChI=1S/C65H99N7O18/c1-10-87-27-23-55(74)71-26-25-70(37-49(71)61(80)81)63-67-34-45(35-68-63)36-69-64(83)89-51-22-20-44(31-54(51)86-9)30-47(66)53-33-50(73)40(4)29-42(6)57(76)58(77)56(75)41(5)28-38(2)16-12-11-13-17-39(3)52(85-8)32-46-21-19-43(7)65(84,90-46)59(78)60(79)72-24-15-14-18-48(72)62(82)88-53/h11-13,16-17,29,34-35,38,40-41,43-44,46-54,57-58,73,76-77,84H,10,14-15,18-28,30-33,36-37,66H2,1-9H3,(H,69,83)(H,80,81)/b13-11+,16-12+,39-17+,42-29+/t38-,40-,41-,43-,44+,46+,47-,48+,49-,50-,51-,52+,53+,54-,57-,58+,65-/m1/s1. The number of nitrogens with two attached hydrogens (primary N) is 1. The lowest BCUT2D eigenvalue weighted by atomic mass is 9.80. The fourth-order valence-electron chi connectivity index (χ4n) is 12.8. The summed E-state index contributed by atoms with van der Waals surface area (Å²) < 4.78 is 35.3. The summed E-state index contributed by atoms with van der Waals surface area (Å²) in [6.07, 6.45) is 8.88. The van der Waals surface area contributed by atoms with Gasteiger partial charge in [-0.25, -0.2) is 24.4 Å². The van der Waals surface area contributed by atoms with Crippen molar-refractivity contribution < 1.29 is 87.5 Å². The Morgan fingerprint density at radius 1 is 0.856 bits per heavy atom. The highest BCUT2D eigenvalue weighted by Gasteiger charge is 2.53. The van der Waals surface area contributed by atoms with Crippen LogP contribution in [-0.2, 0) is 63.7 Å². The first-order valence-electron chi connectivity index (χ1n) is 32.0. The zero-order valence-corrected chi connectivity index (χ0v) is 53.9. The number of esters is 1. The monoisotopic (exact) mass is 1270 g/mol. The number of alkyl carbamates (subject to hydrolysis) is 1. The first-order valence-corrected chi connectivity index (χ1v) is 32.0. The van der Waals surface area contributed by atoms with Gasteiger partial charge in [0.1, 0.15) is 36.5 Å². The van der Waals surface area contributed by atoms with Crippen molar-refractivity contribution in [1.29, 1.82) is 0 Å². The Hall–Kier alpha value is -6.03. The van der Waals surface area contributed by atoms with E-state index in [0.717, 1.165) is 10.5 Å². The van der Waals surface area contributed by atoms with Crippen molar-refractivity contribution in [3.05, 3.63) is 65.6 Å². The summed E-state index contributed by atoms with van der Waals surface area (Å²) in [4.78, 5) is 108. The third kappa shape index (κ3) is 19.7. The molecule has 2 bridgehead atoms. The van der Waals surface area contributed by atoms with E-state index in [1.807, 2.05) is 51.2 Å². The summed E-state index contributed by atoms with van der Waals surface area (Å²) in [6.45, 7) is 13.3. The zero-order chi connectivity index (χ0) is 66.0. The Morgan fingerprint density at radius 3 is 2.28 bits per heavy atom. The lowest BCUT2D eigenvalue weighted by Gasteiger charge is -2.42. The number of amides is 3. The molecule has 4 aliphatic heterocycles. The van der Waals surface area contributed by atoms with E-state index in [2.05, 4.69) is 15.3 Å². The normalized spacial score (nSPS) is 35.0. The molecule has 4 fully saturated rings. The molecule has 1 aromatic heterocycles. The molecule has 0 unspecified atom stereocenters. The van der Waals surface area contributed by atoms with Crippen LogP contribution in [0.4, 0.5) is 10.7 Å². The van der Waals surface area contributed by atoms with E-state index in [-0.39, 0.29) is 94.2 Å². The first kappa shape index (κ1) is 73.0. The van der Waals surface area contributed by atoms with Crippen molar-refractivity contribution in [2.45, 2.75) is 211 Å². The number of hydrogen-bond donors (Lipinski definition) is 7. The molecule has 25 heteroatoms. The topological polar surface area (TPSA) is 350 Å². The third-order valence-corrected chi connectivity index (χ3v) is 18.5. The number of aliphatic hydroxyl groups is 4. The van der Waals surface area contributed by atoms with Crippen LogP contribution in [0.3, 0.4) is 0 Å². The third-order valence-electron chi connectivity index (χ3n) is 18.5. The SMILES string of the molecule is CCOCCC(=O)N1CCN(c2ncc(CNC(=O)O[C@@H]3CC[C@@H](C[C@@H](N)[C@@H]4C[C@@H](O)[C@H](C)/C=C(\C)[C@@H](O)[C@@H](O)C(=O)[C@H](C)C[C@H](C)/C=C/C=C/C=C(\C)[C@@H](OC)C[C@@H]5CC[C@@H](C)[C@@](O)(O5)C(=O)C(=O)N5CCCC[C@H]5C(=O)O4)C[C@H]3OC)cn2)C[C@@H]1C(=O)O. The van der Waals surface area contributed by atoms with Crippen LogP contribution in [0.1, 0.15) is 138 Å². The van der Waals surface area contributed by atoms with Crippen LogP contribution < -0.4 is 16.0 Å². The second kappa shape index (κ2) is 34.6. The molecule has 3 amide bonds. The van der Waals surface area contributed by atoms with Gasteiger partial charge in [-0.3, -0.25) is 19.2 Å². The number of piperidine rings is 1. The van der Waals surface area contributed by atoms with Crippen LogP contribution >= 0.6 is 0 Å². The van der Waals surface area contributed by atoms with Crippen LogP contribution in [0.25, 0.3) is 0 Å². The smallest absolute Gasteiger partial charge is 0.407 e. The van der Waals surface area contributed by atoms with Crippen molar-refractivity contribution in [3.63, 3.8) is 0 Å². The number of nitrogens with zero attached hydrogens (tertiary/aromatic N) is 5. The van der Waals surface area contributed by atoms with E-state index in [4.69, 9.17) is 34.2 Å². The van der Waals surface area contributed by atoms with Gasteiger partial charge >= 0.3 is 18.0 Å². The Labute approximate surface area is 528 Å². The summed E-state index contributed by atoms with van der Waals surface area (Å²) in [7, 11) is 3.05. The number of carboxylic acids is 1. The van der Waals surface area contributed by atoms with Gasteiger partial charge in [-0.2, -0.15) is 0 Å². The van der Waals surface area contributed by atoms with Crippen molar-refractivity contribution in [3.8, 4) is 0 Å². The van der Waals surface area contributed by atoms with E-state index >= 15 is 0 Å². The maximum absolute atomic E-state index is 14.6. The molecule has 6 rings (SSSR count). The van der Waals surface area contributed by atoms with Crippen molar-refractivity contribution in [2.75, 3.05) is 58.5 Å². The average Bonchev–Trinajstić information content (AvgIpc) is 1.21. The lowest BCUT2D eigenvalue weighted by Crippen LogP contribution is -2.61. The second-order valence-electron chi connectivity index (χ2n) is 25.2. The average molecular weight is 1270 g/mol. The van der Waals surface area contributed by atoms with Gasteiger partial charge in [0.05, 0.1) is 44.0 Å². The highest BCUT2D eigenvalue weighted by molar-refractivity contribution is 6.39. The molecular weight excluding hydrogens is 1170 g/mol. The number of piperazine rings is 1. The van der Waals surface area contributed by atoms with E-state index in [9.17, 15) is 59.1 Å². The van der Waals surface area contributed by atoms with Gasteiger partial charge in [0.2, 0.25) is 17.6 Å². The fraction of sp³-hybridized carbons (Fsp3) is 0.708. The molecule has 0 aromatic carbocycles. The fourth-order valence-corrected chi connectivity index (χ4v) is 12.8. The molecular formula is C65H99N7O18. The number of carbonyl (C=O) groups excluding carboxylic acids is 6. The number of Topliss-reactive ketones (excluding diaryl/α,β-unsaturated/α-hetero) is 2. The number of fused-ring (bicyclic) bond motifs is 3. The molecule has 5 aliphatic rings. The molecule has 0 radical (unpaired) electrons. The minimum Gasteiger partial charge on any atom is -0.480 e. The summed E-state index contributed by atoms with van der Waals surface area (Å²) in [5.74, 6) is -9.78. The molecule has 1 saturated carbocycles. The number of methoxy groups -OCH3 is 2. The van der Waals surface area contributed by atoms with Crippen molar-refractivity contribution >= 4 is 47.4 Å². The van der Waals surface area contributed by atoms with Gasteiger partial charge in [0, 0.05) is 102 Å². The Kier molecular flexibility index (Phi) is 28.1. The van der Waals surface area contributed by atoms with Crippen LogP contribution in [-0.4, -0.2) is 213 Å². The summed E-state index contributed by atoms with van der Waals surface area (Å²) in [6, 6.07) is -3.29. The van der Waals surface area contributed by atoms with Crippen molar-refractivity contribution in [1.82, 2.24) is 25.1 Å². The van der Waals surface area contributed by atoms with Gasteiger partial charge in [-0.05, 0) is 108 Å². The predicted octanol–water partition coefficient (Wildman–Crippen LogP) is 4.26. The molecule has 25 nitrogen and oxygen atoms in total. The van der Waals surface area contributed by atoms with Gasteiger partial charge in [-0.15, -0.1) is 0 Å². The number of aromatic nitrogens is 2. The summed E-state index contributed by atoms with van der Waals surface area (Å²) >= 11 is 0. The number of nitrogens with one attached hydrogen (secondary N) is 1. The van der Waals surface area contributed by atoms with Crippen molar-refractivity contribution in [2.24, 2.45) is 35.3 Å². The molecule has 5 heterocycles. The molecule has 8 N–H and O–H groups in total. The number of hydrogen-bond acceptors (Lipinski definition) is 21. The number of ether oxygens (including phenoxy) is 6. The number of cyclic esters (lactones) is 1. The largest absolute Gasteiger partial charge is 0.480 e. The first-order chi connectivity index (χ1) is 42.8. The molecule has 17 atom stereocenters. The van der Waals surface area contributed by atoms with E-state index in [0.29, 0.717) is 70.1 Å². The number of allylic oxidation sites excluding steroid dienone is 5. The van der Waals surface area contributed by atoms with Gasteiger partial charge in [0.25, 0.3) is 11.7 Å². The van der Waals surface area contributed by atoms with E-state index in [1.54, 1.807) is 45.8 Å². The quantitative estimate of drug-likeness (QED) is 0.0592. The summed E-state index contributed by atoms with van der Waals surface area (Å²) in [5, 5.41) is 59.1. The molecule has 0 spiro atoms. The highest BCUT2D eigenvalue weighted by atomic mass is 16.6. The number of rotatable bonds is 14. The van der Waals surface area contributed by atoms with Gasteiger partial charge in [-0.1, -0.05) is 64.2 Å². The van der Waals surface area contributed by atoms with Crippen LogP contribution in [0.2, 0.25) is 0 Å². The maximum atomic E-state index is 14.6. The second-order valence-corrected chi connectivity index (χ2v) is 25.2. The predicted molar refractivity (Wildman–Crippen MR) is 330 cm³/mol. The van der Waals surface area contributed by atoms with Crippen LogP contribution in [0, 0.1) is 29.6 Å². The number of aliphatic carboxylic acids is 1. The molecule has 90 heavy (non-hydrogen) atoms. The highest BCUT2D eigenvalue weighted by Crippen LogP contribution is 2.38. The number of carbonyl (C=O) groups is 7. The Morgan fingerprint density at radius 2 is 1.59 bits per heavy atom. The maximum Gasteiger partial charge on any atom is 0.407 e. The Balaban J connectivity index is 1.15.